The monoisotopic (exact) mass is 471 g/mol. The Hall–Kier alpha value is -2.90. The first-order valence-electron chi connectivity index (χ1n) is 10.2. The Morgan fingerprint density at radius 1 is 1.19 bits per heavy atom. The Balaban J connectivity index is 1.59. The third-order valence-electron chi connectivity index (χ3n) is 4.91. The number of carbonyl (C=O) groups excluding carboxylic acids is 2. The summed E-state index contributed by atoms with van der Waals surface area (Å²) in [7, 11) is 1.74. The second-order valence-corrected chi connectivity index (χ2v) is 9.11. The summed E-state index contributed by atoms with van der Waals surface area (Å²) < 4.78 is 5.74. The first-order chi connectivity index (χ1) is 15.2. The Kier molecular flexibility index (Phi) is 7.88. The first kappa shape index (κ1) is 23.8. The van der Waals surface area contributed by atoms with Crippen molar-refractivity contribution >= 4 is 40.4 Å². The molecule has 6 nitrogen and oxygen atoms in total. The zero-order valence-corrected chi connectivity index (χ0v) is 20.1. The van der Waals surface area contributed by atoms with Gasteiger partial charge in [0.15, 0.2) is 0 Å². The maximum absolute atomic E-state index is 12.6. The van der Waals surface area contributed by atoms with E-state index in [0.717, 1.165) is 10.8 Å². The molecular weight excluding hydrogens is 446 g/mol. The number of halogens is 1. The first-order valence-corrected chi connectivity index (χ1v) is 11.5. The second kappa shape index (κ2) is 10.6. The molecule has 2 aromatic carbocycles. The maximum atomic E-state index is 12.6. The third-order valence-corrected chi connectivity index (χ3v) is 6.11. The van der Waals surface area contributed by atoms with E-state index in [0.29, 0.717) is 28.6 Å². The zero-order chi connectivity index (χ0) is 23.3. The van der Waals surface area contributed by atoms with Crippen molar-refractivity contribution in [1.29, 1.82) is 0 Å². The van der Waals surface area contributed by atoms with Crippen molar-refractivity contribution < 1.29 is 14.3 Å². The highest BCUT2D eigenvalue weighted by molar-refractivity contribution is 7.09. The fourth-order valence-electron chi connectivity index (χ4n) is 2.83. The number of aryl methyl sites for hydroxylation is 1. The lowest BCUT2D eigenvalue weighted by Crippen LogP contribution is -2.33. The van der Waals surface area contributed by atoms with Crippen LogP contribution in [-0.2, 0) is 17.8 Å². The van der Waals surface area contributed by atoms with Crippen LogP contribution < -0.4 is 10.1 Å². The normalized spacial score (nSPS) is 10.8. The molecule has 0 spiro atoms. The van der Waals surface area contributed by atoms with Crippen molar-refractivity contribution in [2.24, 2.45) is 0 Å². The number of hydrogen-bond acceptors (Lipinski definition) is 5. The fraction of sp³-hybridized carbons (Fsp3) is 0.292. The molecule has 0 fully saturated rings. The molecule has 0 aliphatic heterocycles. The summed E-state index contributed by atoms with van der Waals surface area (Å²) in [6.45, 7) is 6.23. The number of rotatable bonds is 8. The van der Waals surface area contributed by atoms with Crippen LogP contribution in [0.4, 0.5) is 5.69 Å². The Morgan fingerprint density at radius 2 is 1.91 bits per heavy atom. The average Bonchev–Trinajstić information content (AvgIpc) is 3.20. The molecule has 1 N–H and O–H groups in total. The summed E-state index contributed by atoms with van der Waals surface area (Å²) in [6, 6.07) is 12.7. The van der Waals surface area contributed by atoms with E-state index in [1.54, 1.807) is 30.1 Å². The topological polar surface area (TPSA) is 71.5 Å². The van der Waals surface area contributed by atoms with Gasteiger partial charge in [-0.3, -0.25) is 9.59 Å². The highest BCUT2D eigenvalue weighted by atomic mass is 35.5. The summed E-state index contributed by atoms with van der Waals surface area (Å²) in [5, 5.41) is 5.78. The fourth-order valence-corrected chi connectivity index (χ4v) is 3.70. The van der Waals surface area contributed by atoms with E-state index in [4.69, 9.17) is 16.3 Å². The molecule has 0 unspecified atom stereocenters. The molecule has 1 aromatic heterocycles. The molecule has 0 aliphatic carbocycles. The van der Waals surface area contributed by atoms with Crippen molar-refractivity contribution in [1.82, 2.24) is 9.88 Å². The minimum absolute atomic E-state index is 0.0602. The van der Waals surface area contributed by atoms with E-state index in [2.05, 4.69) is 10.3 Å². The molecule has 2 amide bonds. The largest absolute Gasteiger partial charge is 0.486 e. The van der Waals surface area contributed by atoms with E-state index >= 15 is 0 Å². The van der Waals surface area contributed by atoms with Crippen LogP contribution in [0.1, 0.15) is 40.5 Å². The minimum Gasteiger partial charge on any atom is -0.486 e. The quantitative estimate of drug-likeness (QED) is 0.481. The van der Waals surface area contributed by atoms with Crippen LogP contribution in [0.5, 0.6) is 5.75 Å². The molecule has 0 atom stereocenters. The molecule has 1 heterocycles. The SMILES string of the molecule is Cc1ccc(OCc2nc(CC(=O)Nc3cc(C(=O)N(C)C(C)C)ccc3Cl)cs2)cc1. The van der Waals surface area contributed by atoms with E-state index in [1.807, 2.05) is 50.4 Å². The Bertz CT molecular complexity index is 1100. The lowest BCUT2D eigenvalue weighted by Gasteiger charge is -2.22. The number of anilines is 1. The predicted octanol–water partition coefficient (Wildman–Crippen LogP) is 5.35. The van der Waals surface area contributed by atoms with Gasteiger partial charge >= 0.3 is 0 Å². The minimum atomic E-state index is -0.259. The number of thiazole rings is 1. The Labute approximate surface area is 197 Å². The van der Waals surface area contributed by atoms with Gasteiger partial charge < -0.3 is 15.0 Å². The van der Waals surface area contributed by atoms with Gasteiger partial charge in [0.25, 0.3) is 5.91 Å². The molecule has 3 rings (SSSR count). The molecule has 0 bridgehead atoms. The molecule has 32 heavy (non-hydrogen) atoms. The van der Waals surface area contributed by atoms with Crippen LogP contribution in [0.15, 0.2) is 47.8 Å². The maximum Gasteiger partial charge on any atom is 0.253 e. The van der Waals surface area contributed by atoms with Gasteiger partial charge in [0.2, 0.25) is 5.91 Å². The van der Waals surface area contributed by atoms with Gasteiger partial charge in [0.1, 0.15) is 17.4 Å². The van der Waals surface area contributed by atoms with Gasteiger partial charge in [-0.05, 0) is 51.1 Å². The molecular formula is C24H26ClN3O3S. The van der Waals surface area contributed by atoms with Crippen LogP contribution in [0, 0.1) is 6.92 Å². The number of carbonyl (C=O) groups is 2. The number of aromatic nitrogens is 1. The van der Waals surface area contributed by atoms with Gasteiger partial charge in [0.05, 0.1) is 22.8 Å². The van der Waals surface area contributed by atoms with Gasteiger partial charge in [-0.2, -0.15) is 0 Å². The number of nitrogens with zero attached hydrogens (tertiary/aromatic N) is 2. The van der Waals surface area contributed by atoms with Crippen LogP contribution in [0.25, 0.3) is 0 Å². The lowest BCUT2D eigenvalue weighted by atomic mass is 10.1. The summed E-state index contributed by atoms with van der Waals surface area (Å²) in [5.41, 5.74) is 2.68. The summed E-state index contributed by atoms with van der Waals surface area (Å²) >= 11 is 7.68. The average molecular weight is 472 g/mol. The number of hydrogen-bond donors (Lipinski definition) is 1. The van der Waals surface area contributed by atoms with Crippen molar-refractivity contribution in [2.45, 2.75) is 39.8 Å². The Morgan fingerprint density at radius 3 is 2.59 bits per heavy atom. The molecule has 0 saturated heterocycles. The van der Waals surface area contributed by atoms with Crippen molar-refractivity contribution in [2.75, 3.05) is 12.4 Å². The smallest absolute Gasteiger partial charge is 0.253 e. The summed E-state index contributed by atoms with van der Waals surface area (Å²) in [6.07, 6.45) is 0.0986. The van der Waals surface area contributed by atoms with Crippen LogP contribution >= 0.6 is 22.9 Å². The number of benzene rings is 2. The zero-order valence-electron chi connectivity index (χ0n) is 18.5. The van der Waals surface area contributed by atoms with E-state index in [-0.39, 0.29) is 24.3 Å². The highest BCUT2D eigenvalue weighted by Gasteiger charge is 2.17. The molecule has 0 radical (unpaired) electrons. The van der Waals surface area contributed by atoms with Crippen LogP contribution in [0.2, 0.25) is 5.02 Å². The molecule has 168 valence electrons. The number of ether oxygens (including phenoxy) is 1. The molecule has 0 saturated carbocycles. The van der Waals surface area contributed by atoms with Gasteiger partial charge in [-0.25, -0.2) is 4.98 Å². The van der Waals surface area contributed by atoms with Gasteiger partial charge in [0, 0.05) is 24.0 Å². The summed E-state index contributed by atoms with van der Waals surface area (Å²) in [5.74, 6) is 0.382. The number of amides is 2. The van der Waals surface area contributed by atoms with Crippen LogP contribution in [0.3, 0.4) is 0 Å². The van der Waals surface area contributed by atoms with E-state index in [9.17, 15) is 9.59 Å². The van der Waals surface area contributed by atoms with Gasteiger partial charge in [-0.15, -0.1) is 11.3 Å². The van der Waals surface area contributed by atoms with E-state index in [1.165, 1.54) is 16.9 Å². The second-order valence-electron chi connectivity index (χ2n) is 7.76. The molecule has 3 aromatic rings. The van der Waals surface area contributed by atoms with Crippen molar-refractivity contribution in [3.05, 3.63) is 74.7 Å². The molecule has 8 heteroatoms. The van der Waals surface area contributed by atoms with Crippen LogP contribution in [-0.4, -0.2) is 34.8 Å². The summed E-state index contributed by atoms with van der Waals surface area (Å²) in [4.78, 5) is 31.2. The van der Waals surface area contributed by atoms with Crippen molar-refractivity contribution in [3.8, 4) is 5.75 Å². The lowest BCUT2D eigenvalue weighted by molar-refractivity contribution is -0.115. The third kappa shape index (κ3) is 6.31. The van der Waals surface area contributed by atoms with Crippen molar-refractivity contribution in [3.63, 3.8) is 0 Å². The predicted molar refractivity (Wildman–Crippen MR) is 129 cm³/mol. The highest BCUT2D eigenvalue weighted by Crippen LogP contribution is 2.24. The van der Waals surface area contributed by atoms with E-state index < -0.39 is 0 Å². The molecule has 0 aliphatic rings. The standard InChI is InChI=1S/C24H26ClN3O3S/c1-15(2)28(4)24(30)17-7-10-20(25)21(11-17)27-22(29)12-18-14-32-23(26-18)13-31-19-8-5-16(3)6-9-19/h5-11,14-15H,12-13H2,1-4H3,(H,27,29). The number of nitrogens with one attached hydrogen (secondary N) is 1. The van der Waals surface area contributed by atoms with Gasteiger partial charge in [-0.1, -0.05) is 29.3 Å².